The molecule has 0 unspecified atom stereocenters. The number of methoxy groups -OCH3 is 1. The molecule has 4 saturated carbocycles. The van der Waals surface area contributed by atoms with E-state index < -0.39 is 5.79 Å². The van der Waals surface area contributed by atoms with Crippen molar-refractivity contribution >= 4 is 0 Å². The third-order valence-corrected chi connectivity index (χ3v) is 10.4. The maximum absolute atomic E-state index is 11.8. The highest BCUT2D eigenvalue weighted by Crippen LogP contribution is 2.84. The van der Waals surface area contributed by atoms with Crippen LogP contribution >= 0.6 is 0 Å². The molecule has 2 bridgehead atoms. The molecule has 1 aliphatic heterocycles. The van der Waals surface area contributed by atoms with Gasteiger partial charge in [-0.25, -0.2) is 0 Å². The van der Waals surface area contributed by atoms with Gasteiger partial charge < -0.3 is 19.3 Å². The lowest BCUT2D eigenvalue weighted by atomic mass is 9.52. The van der Waals surface area contributed by atoms with Gasteiger partial charge in [0.15, 0.2) is 5.79 Å². The number of allylic oxidation sites excluding steroid dienone is 2. The topological polar surface area (TPSA) is 47.9 Å². The molecule has 8 atom stereocenters. The second-order valence-corrected chi connectivity index (χ2v) is 10.9. The second-order valence-electron chi connectivity index (χ2n) is 10.9. The molecule has 1 N–H and O–H groups in total. The predicted octanol–water partition coefficient (Wildman–Crippen LogP) is 4.07. The summed E-state index contributed by atoms with van der Waals surface area (Å²) in [4.78, 5) is 0. The Balaban J connectivity index is 1.49. The Bertz CT molecular complexity index is 917. The minimum atomic E-state index is -0.494. The first-order chi connectivity index (χ1) is 14.5. The van der Waals surface area contributed by atoms with E-state index >= 15 is 0 Å². The molecular weight excluding hydrogens is 376 g/mol. The van der Waals surface area contributed by atoms with Gasteiger partial charge in [0.2, 0.25) is 0 Å². The standard InChI is InChI=1S/C26H32O4/c1-23-9-3-4-10-24(23)11-12-25(23,16-5-7-17(28-2)8-6-16)20-21(27)18-15-19(18)26(22(20)24)29-13-14-30-26/h5-8,11-12,18-22,27H,3-4,9-10,13-15H2,1-2H3/t18-,19+,20+,21+,22-,23-,24-,25-/m0/s1. The molecule has 1 aromatic carbocycles. The van der Waals surface area contributed by atoms with E-state index in [4.69, 9.17) is 14.2 Å². The predicted molar refractivity (Wildman–Crippen MR) is 112 cm³/mol. The number of aliphatic hydroxyl groups excluding tert-OH is 1. The quantitative estimate of drug-likeness (QED) is 0.750. The Labute approximate surface area is 178 Å². The van der Waals surface area contributed by atoms with Gasteiger partial charge in [-0.2, -0.15) is 0 Å². The molecule has 160 valence electrons. The summed E-state index contributed by atoms with van der Waals surface area (Å²) in [6.07, 6.45) is 10.7. The highest BCUT2D eigenvalue weighted by atomic mass is 16.7. The van der Waals surface area contributed by atoms with Crippen LogP contribution in [0.4, 0.5) is 0 Å². The van der Waals surface area contributed by atoms with Crippen LogP contribution in [0.3, 0.4) is 0 Å². The molecule has 1 heterocycles. The summed E-state index contributed by atoms with van der Waals surface area (Å²) in [7, 11) is 1.72. The first-order valence-electron chi connectivity index (χ1n) is 11.8. The molecule has 1 saturated heterocycles. The van der Waals surface area contributed by atoms with E-state index in [-0.39, 0.29) is 34.2 Å². The fraction of sp³-hybridized carbons (Fsp3) is 0.692. The SMILES string of the molecule is COc1ccc([C@]23C=C[C@@]4(CCCC[C@]24C)[C@@H]2[C@H]3[C@H](O)[C@H]3C[C@H]3C23OCCO3)cc1. The number of benzene rings is 1. The first-order valence-corrected chi connectivity index (χ1v) is 11.8. The molecule has 0 amide bonds. The van der Waals surface area contributed by atoms with Crippen LogP contribution in [0.25, 0.3) is 0 Å². The minimum Gasteiger partial charge on any atom is -0.497 e. The van der Waals surface area contributed by atoms with Gasteiger partial charge in [0.1, 0.15) is 5.75 Å². The van der Waals surface area contributed by atoms with Crippen LogP contribution in [0.15, 0.2) is 36.4 Å². The van der Waals surface area contributed by atoms with Gasteiger partial charge in [0.25, 0.3) is 0 Å². The fourth-order valence-corrected chi connectivity index (χ4v) is 9.33. The minimum absolute atomic E-state index is 0.0364. The molecule has 1 spiro atoms. The number of hydrogen-bond donors (Lipinski definition) is 1. The van der Waals surface area contributed by atoms with Crippen LogP contribution in [-0.4, -0.2) is 37.3 Å². The average molecular weight is 409 g/mol. The normalized spacial score (nSPS) is 51.5. The van der Waals surface area contributed by atoms with Crippen molar-refractivity contribution in [2.24, 2.45) is 34.5 Å². The Hall–Kier alpha value is -1.36. The molecule has 5 fully saturated rings. The molecule has 0 radical (unpaired) electrons. The number of aliphatic hydroxyl groups is 1. The van der Waals surface area contributed by atoms with Crippen molar-refractivity contribution in [2.45, 2.75) is 56.3 Å². The van der Waals surface area contributed by atoms with E-state index in [0.29, 0.717) is 25.0 Å². The summed E-state index contributed by atoms with van der Waals surface area (Å²) in [5, 5.41) is 11.8. The van der Waals surface area contributed by atoms with E-state index in [1.807, 2.05) is 0 Å². The Morgan fingerprint density at radius 3 is 2.50 bits per heavy atom. The molecule has 6 aliphatic rings. The van der Waals surface area contributed by atoms with Crippen molar-refractivity contribution in [1.82, 2.24) is 0 Å². The van der Waals surface area contributed by atoms with Crippen molar-refractivity contribution in [3.05, 3.63) is 42.0 Å². The number of ether oxygens (including phenoxy) is 3. The third-order valence-electron chi connectivity index (χ3n) is 10.4. The zero-order valence-corrected chi connectivity index (χ0v) is 18.0. The largest absolute Gasteiger partial charge is 0.497 e. The molecule has 30 heavy (non-hydrogen) atoms. The van der Waals surface area contributed by atoms with Crippen LogP contribution < -0.4 is 4.74 Å². The zero-order chi connectivity index (χ0) is 20.4. The Morgan fingerprint density at radius 1 is 1.03 bits per heavy atom. The Morgan fingerprint density at radius 2 is 1.77 bits per heavy atom. The average Bonchev–Trinajstić information content (AvgIpc) is 3.30. The lowest BCUT2D eigenvalue weighted by Crippen LogP contribution is -2.59. The van der Waals surface area contributed by atoms with Crippen molar-refractivity contribution in [3.63, 3.8) is 0 Å². The maximum atomic E-state index is 11.8. The molecule has 4 heteroatoms. The third kappa shape index (κ3) is 1.70. The molecule has 5 aliphatic carbocycles. The van der Waals surface area contributed by atoms with Gasteiger partial charge in [-0.05, 0) is 48.3 Å². The van der Waals surface area contributed by atoms with Crippen molar-refractivity contribution in [1.29, 1.82) is 0 Å². The van der Waals surface area contributed by atoms with Crippen LogP contribution in [-0.2, 0) is 14.9 Å². The second kappa shape index (κ2) is 5.51. The monoisotopic (exact) mass is 408 g/mol. The summed E-state index contributed by atoms with van der Waals surface area (Å²) in [5.41, 5.74) is 1.25. The van der Waals surface area contributed by atoms with Gasteiger partial charge in [-0.1, -0.05) is 44.1 Å². The summed E-state index contributed by atoms with van der Waals surface area (Å²) in [5.74, 6) is 1.43. The smallest absolute Gasteiger partial charge is 0.175 e. The lowest BCUT2D eigenvalue weighted by molar-refractivity contribution is -0.268. The summed E-state index contributed by atoms with van der Waals surface area (Å²) in [6.45, 7) is 3.89. The zero-order valence-electron chi connectivity index (χ0n) is 18.0. The summed E-state index contributed by atoms with van der Waals surface area (Å²) < 4.78 is 18.6. The van der Waals surface area contributed by atoms with E-state index in [9.17, 15) is 5.11 Å². The lowest BCUT2D eigenvalue weighted by Gasteiger charge is -2.53. The molecule has 4 nitrogen and oxygen atoms in total. The van der Waals surface area contributed by atoms with E-state index in [1.54, 1.807) is 7.11 Å². The highest BCUT2D eigenvalue weighted by molar-refractivity contribution is 5.52. The van der Waals surface area contributed by atoms with Gasteiger partial charge in [0.05, 0.1) is 26.4 Å². The summed E-state index contributed by atoms with van der Waals surface area (Å²) in [6, 6.07) is 8.67. The molecule has 1 aromatic rings. The van der Waals surface area contributed by atoms with Crippen LogP contribution in [0.5, 0.6) is 5.75 Å². The van der Waals surface area contributed by atoms with E-state index in [1.165, 1.54) is 31.2 Å². The number of rotatable bonds is 2. The van der Waals surface area contributed by atoms with Crippen LogP contribution in [0.1, 0.15) is 44.6 Å². The van der Waals surface area contributed by atoms with Crippen molar-refractivity contribution < 1.29 is 19.3 Å². The van der Waals surface area contributed by atoms with Gasteiger partial charge in [-0.3, -0.25) is 0 Å². The number of fused-ring (bicyclic) bond motifs is 5. The molecule has 7 rings (SSSR count). The first kappa shape index (κ1) is 18.2. The maximum Gasteiger partial charge on any atom is 0.175 e. The fourth-order valence-electron chi connectivity index (χ4n) is 9.33. The van der Waals surface area contributed by atoms with Crippen LogP contribution in [0, 0.1) is 34.5 Å². The molecule has 0 aromatic heterocycles. The molecular formula is C26H32O4. The number of hydrogen-bond acceptors (Lipinski definition) is 4. The van der Waals surface area contributed by atoms with Gasteiger partial charge in [0, 0.05) is 28.6 Å². The van der Waals surface area contributed by atoms with Gasteiger partial charge >= 0.3 is 0 Å². The van der Waals surface area contributed by atoms with E-state index in [2.05, 4.69) is 43.3 Å². The highest BCUT2D eigenvalue weighted by Gasteiger charge is 2.85. The van der Waals surface area contributed by atoms with Gasteiger partial charge in [-0.15, -0.1) is 0 Å². The van der Waals surface area contributed by atoms with Crippen molar-refractivity contribution in [2.75, 3.05) is 20.3 Å². The Kier molecular flexibility index (Phi) is 3.35. The van der Waals surface area contributed by atoms with Crippen molar-refractivity contribution in [3.8, 4) is 5.75 Å². The summed E-state index contributed by atoms with van der Waals surface area (Å²) >= 11 is 0. The van der Waals surface area contributed by atoms with E-state index in [0.717, 1.165) is 12.2 Å². The van der Waals surface area contributed by atoms with Crippen LogP contribution in [0.2, 0.25) is 0 Å².